The van der Waals surface area contributed by atoms with E-state index < -0.39 is 34.6 Å². The molecule has 4 aliphatic carbocycles. The Morgan fingerprint density at radius 3 is 2.68 bits per heavy atom. The van der Waals surface area contributed by atoms with Crippen molar-refractivity contribution in [3.05, 3.63) is 23.3 Å². The summed E-state index contributed by atoms with van der Waals surface area (Å²) in [6.07, 6.45) is 4.36. The maximum absolute atomic E-state index is 13.6. The lowest BCUT2D eigenvalue weighted by molar-refractivity contribution is -0.235. The molecule has 37 heavy (non-hydrogen) atoms. The summed E-state index contributed by atoms with van der Waals surface area (Å²) in [5.41, 5.74) is -2.09. The van der Waals surface area contributed by atoms with Crippen molar-refractivity contribution < 1.29 is 29.3 Å². The number of aliphatic hydroxyl groups is 1. The van der Waals surface area contributed by atoms with Gasteiger partial charge in [0.25, 0.3) is 0 Å². The van der Waals surface area contributed by atoms with Crippen LogP contribution >= 0.6 is 11.6 Å². The topological polar surface area (TPSA) is 96.3 Å². The second-order valence-corrected chi connectivity index (χ2v) is 13.4. The van der Waals surface area contributed by atoms with E-state index in [-0.39, 0.29) is 36.4 Å². The molecule has 1 heterocycles. The van der Waals surface area contributed by atoms with Gasteiger partial charge in [0, 0.05) is 30.1 Å². The molecule has 0 aromatic rings. The molecule has 5 rings (SSSR count). The number of β-amino-alcohol motifs (C(OH)–C–C–N with tert-alkyl or cyclic N) is 1. The van der Waals surface area contributed by atoms with Crippen LogP contribution in [-0.2, 0) is 19.1 Å². The monoisotopic (exact) mass is 535 g/mol. The Kier molecular flexibility index (Phi) is 6.97. The zero-order valence-corrected chi connectivity index (χ0v) is 23.2. The van der Waals surface area contributed by atoms with Gasteiger partial charge in [-0.2, -0.15) is 0 Å². The van der Waals surface area contributed by atoms with Gasteiger partial charge in [0.15, 0.2) is 6.29 Å². The Bertz CT molecular complexity index is 999. The van der Waals surface area contributed by atoms with E-state index in [1.807, 2.05) is 25.7 Å². The van der Waals surface area contributed by atoms with Gasteiger partial charge in [-0.15, -0.1) is 0 Å². The summed E-state index contributed by atoms with van der Waals surface area (Å²) in [6, 6.07) is 0. The van der Waals surface area contributed by atoms with Crippen LogP contribution in [0.15, 0.2) is 23.3 Å². The van der Waals surface area contributed by atoms with Crippen LogP contribution in [0.1, 0.15) is 53.4 Å². The molecule has 2 N–H and O–H groups in total. The highest BCUT2D eigenvalue weighted by Gasteiger charge is 2.84. The summed E-state index contributed by atoms with van der Waals surface area (Å²) in [6.45, 7) is 13.5. The van der Waals surface area contributed by atoms with Crippen molar-refractivity contribution in [3.63, 3.8) is 0 Å². The van der Waals surface area contributed by atoms with Gasteiger partial charge < -0.3 is 24.5 Å². The highest BCUT2D eigenvalue weighted by atomic mass is 35.5. The summed E-state index contributed by atoms with van der Waals surface area (Å²) in [4.78, 5) is 28.7. The third-order valence-corrected chi connectivity index (χ3v) is 10.8. The van der Waals surface area contributed by atoms with E-state index >= 15 is 0 Å². The lowest BCUT2D eigenvalue weighted by Crippen LogP contribution is -2.63. The minimum Gasteiger partial charge on any atom is -0.481 e. The summed E-state index contributed by atoms with van der Waals surface area (Å²) in [5, 5.41) is 22.6. The van der Waals surface area contributed by atoms with Crippen LogP contribution in [0.5, 0.6) is 0 Å². The first-order chi connectivity index (χ1) is 17.4. The standard InChI is InChI=1S/C29H42ClNO6/c1-16(2)23-8-20-9-27(14-32)22-7-6-17(3)21(22)10-28(20,29(23,27)26(34)35)15-36-25-24(33)13-31(11-18(4)30)12-19(5)37-25/h8,14,16-17,19-22,24-25,33H,4,6-7,9-13,15H2,1-3,5H3,(H,34,35)/t17-,19-,20+,21-,22-,24+,25-,27+,28+,29+/m1/s1. The molecule has 0 unspecified atom stereocenters. The van der Waals surface area contributed by atoms with Crippen molar-refractivity contribution >= 4 is 23.9 Å². The van der Waals surface area contributed by atoms with E-state index in [9.17, 15) is 19.8 Å². The van der Waals surface area contributed by atoms with Gasteiger partial charge in [-0.3, -0.25) is 9.69 Å². The first-order valence-corrected chi connectivity index (χ1v) is 14.2. The molecule has 10 atom stereocenters. The number of aliphatic hydroxyl groups excluding tert-OH is 1. The van der Waals surface area contributed by atoms with Crippen molar-refractivity contribution in [1.29, 1.82) is 0 Å². The number of aliphatic carboxylic acids is 1. The van der Waals surface area contributed by atoms with Crippen molar-refractivity contribution in [2.45, 2.75) is 71.9 Å². The number of ether oxygens (including phenoxy) is 2. The zero-order chi connectivity index (χ0) is 26.9. The largest absolute Gasteiger partial charge is 0.481 e. The predicted molar refractivity (Wildman–Crippen MR) is 140 cm³/mol. The number of fused-ring (bicyclic) bond motifs is 2. The minimum absolute atomic E-state index is 0.00688. The first-order valence-electron chi connectivity index (χ1n) is 13.9. The molecule has 5 aliphatic rings. The lowest BCUT2D eigenvalue weighted by Gasteiger charge is -2.58. The molecular weight excluding hydrogens is 494 g/mol. The molecule has 4 bridgehead atoms. The zero-order valence-electron chi connectivity index (χ0n) is 22.5. The molecule has 7 nitrogen and oxygen atoms in total. The maximum Gasteiger partial charge on any atom is 0.315 e. The first kappa shape index (κ1) is 27.3. The second-order valence-electron chi connectivity index (χ2n) is 12.9. The fourth-order valence-corrected chi connectivity index (χ4v) is 9.71. The SMILES string of the molecule is C=C(Cl)CN1C[C@@H](C)O[C@@H](OC[C@@]23C[C@@H]4[C@H](C)CC[C@H]4[C@@]4(C=O)C[C@@H]2C=C(C(C)C)[C@@]34C(=O)O)[C@@H](O)C1. The van der Waals surface area contributed by atoms with Crippen molar-refractivity contribution in [2.75, 3.05) is 26.2 Å². The molecule has 1 aliphatic heterocycles. The normalized spacial score (nSPS) is 47.0. The van der Waals surface area contributed by atoms with Crippen LogP contribution in [0.25, 0.3) is 0 Å². The van der Waals surface area contributed by atoms with Crippen molar-refractivity contribution in [2.24, 2.45) is 45.8 Å². The highest BCUT2D eigenvalue weighted by Crippen LogP contribution is 2.82. The Balaban J connectivity index is 1.52. The average molecular weight is 536 g/mol. The average Bonchev–Trinajstić information content (AvgIpc) is 3.34. The molecule has 0 amide bonds. The van der Waals surface area contributed by atoms with Crippen LogP contribution in [0, 0.1) is 45.8 Å². The number of carboxylic acid groups (broad SMARTS) is 1. The Morgan fingerprint density at radius 1 is 1.32 bits per heavy atom. The summed E-state index contributed by atoms with van der Waals surface area (Å²) in [7, 11) is 0. The Labute approximate surface area is 225 Å². The van der Waals surface area contributed by atoms with E-state index in [2.05, 4.69) is 19.6 Å². The molecule has 1 saturated heterocycles. The predicted octanol–water partition coefficient (Wildman–Crippen LogP) is 4.09. The van der Waals surface area contributed by atoms with Gasteiger partial charge in [0.05, 0.1) is 18.1 Å². The quantitative estimate of drug-likeness (QED) is 0.357. The smallest absolute Gasteiger partial charge is 0.315 e. The third-order valence-electron chi connectivity index (χ3n) is 10.7. The van der Waals surface area contributed by atoms with Crippen LogP contribution in [-0.4, -0.2) is 72.1 Å². The minimum atomic E-state index is -1.30. The molecule has 3 saturated carbocycles. The second kappa shape index (κ2) is 9.44. The number of allylic oxidation sites excluding steroid dienone is 1. The molecule has 0 radical (unpaired) electrons. The van der Waals surface area contributed by atoms with Crippen LogP contribution in [0.2, 0.25) is 0 Å². The number of carboxylic acids is 1. The van der Waals surface area contributed by atoms with Gasteiger partial charge >= 0.3 is 5.97 Å². The molecule has 206 valence electrons. The number of carbonyl (C=O) groups excluding carboxylic acids is 1. The summed E-state index contributed by atoms with van der Waals surface area (Å²) >= 11 is 6.03. The number of nitrogens with zero attached hydrogens (tertiary/aromatic N) is 1. The number of rotatable bonds is 8. The van der Waals surface area contributed by atoms with Gasteiger partial charge in [0.1, 0.15) is 17.8 Å². The molecular formula is C29H42ClNO6. The van der Waals surface area contributed by atoms with Gasteiger partial charge in [-0.1, -0.05) is 57.0 Å². The highest BCUT2D eigenvalue weighted by molar-refractivity contribution is 6.29. The van der Waals surface area contributed by atoms with Crippen molar-refractivity contribution in [3.8, 4) is 0 Å². The van der Waals surface area contributed by atoms with E-state index in [0.717, 1.165) is 24.7 Å². The maximum atomic E-state index is 13.6. The fourth-order valence-electron chi connectivity index (χ4n) is 9.54. The number of carbonyl (C=O) groups is 2. The number of halogens is 1. The van der Waals surface area contributed by atoms with Gasteiger partial charge in [0.2, 0.25) is 0 Å². The molecule has 4 fully saturated rings. The van der Waals surface area contributed by atoms with E-state index in [4.69, 9.17) is 21.1 Å². The number of aldehydes is 1. The summed E-state index contributed by atoms with van der Waals surface area (Å²) < 4.78 is 12.6. The van der Waals surface area contributed by atoms with Crippen LogP contribution < -0.4 is 0 Å². The fraction of sp³-hybridized carbons (Fsp3) is 0.793. The molecule has 0 aromatic heterocycles. The van der Waals surface area contributed by atoms with E-state index in [1.54, 1.807) is 0 Å². The molecule has 0 spiro atoms. The van der Waals surface area contributed by atoms with Gasteiger partial charge in [-0.25, -0.2) is 0 Å². The third kappa shape index (κ3) is 3.67. The number of hydrogen-bond acceptors (Lipinski definition) is 6. The van der Waals surface area contributed by atoms with Crippen molar-refractivity contribution in [1.82, 2.24) is 4.90 Å². The van der Waals surface area contributed by atoms with Gasteiger partial charge in [-0.05, 0) is 55.8 Å². The number of hydrogen-bond donors (Lipinski definition) is 2. The molecule has 8 heteroatoms. The van der Waals surface area contributed by atoms with Crippen LogP contribution in [0.4, 0.5) is 0 Å². The van der Waals surface area contributed by atoms with Crippen LogP contribution in [0.3, 0.4) is 0 Å². The van der Waals surface area contributed by atoms with E-state index in [1.165, 1.54) is 0 Å². The van der Waals surface area contributed by atoms with E-state index in [0.29, 0.717) is 43.4 Å². The molecule has 0 aromatic carbocycles. The Hall–Kier alpha value is -1.25. The lowest BCUT2D eigenvalue weighted by atomic mass is 9.43. The Morgan fingerprint density at radius 2 is 2.05 bits per heavy atom. The summed E-state index contributed by atoms with van der Waals surface area (Å²) in [5.74, 6) is -0.146.